The van der Waals surface area contributed by atoms with Crippen LogP contribution >= 0.6 is 0 Å². The third-order valence-corrected chi connectivity index (χ3v) is 4.51. The standard InChI is InChI=1S/C15H21NO5S/c1-10-8-12(22(3,20)21)9-13(11(10)2)15(19)16-7-5-4-6-14(17)18/h8-9H,4-7H2,1-3H3,(H,16,19)(H,17,18). The number of carbonyl (C=O) groups is 2. The van der Waals surface area contributed by atoms with Gasteiger partial charge in [0.25, 0.3) is 5.91 Å². The minimum Gasteiger partial charge on any atom is -0.481 e. The first-order valence-electron chi connectivity index (χ1n) is 6.94. The maximum absolute atomic E-state index is 12.2. The zero-order chi connectivity index (χ0) is 16.9. The van der Waals surface area contributed by atoms with E-state index in [1.807, 2.05) is 0 Å². The fourth-order valence-corrected chi connectivity index (χ4v) is 2.70. The Morgan fingerprint density at radius 3 is 2.36 bits per heavy atom. The molecule has 0 saturated heterocycles. The Morgan fingerprint density at radius 2 is 1.82 bits per heavy atom. The number of carboxylic acid groups (broad SMARTS) is 1. The molecule has 1 aromatic carbocycles. The molecule has 7 heteroatoms. The molecule has 122 valence electrons. The summed E-state index contributed by atoms with van der Waals surface area (Å²) < 4.78 is 23.3. The topological polar surface area (TPSA) is 101 Å². The smallest absolute Gasteiger partial charge is 0.303 e. The summed E-state index contributed by atoms with van der Waals surface area (Å²) in [6, 6.07) is 2.93. The Labute approximate surface area is 130 Å². The fourth-order valence-electron chi connectivity index (χ4n) is 1.97. The van der Waals surface area contributed by atoms with Crippen LogP contribution in [-0.2, 0) is 14.6 Å². The lowest BCUT2D eigenvalue weighted by Gasteiger charge is -2.12. The largest absolute Gasteiger partial charge is 0.481 e. The number of amides is 1. The van der Waals surface area contributed by atoms with Crippen molar-refractivity contribution >= 4 is 21.7 Å². The second-order valence-corrected chi connectivity index (χ2v) is 7.31. The number of aryl methyl sites for hydroxylation is 1. The average Bonchev–Trinajstić information content (AvgIpc) is 2.39. The van der Waals surface area contributed by atoms with Gasteiger partial charge >= 0.3 is 5.97 Å². The Bertz CT molecular complexity index is 679. The predicted octanol–water partition coefficient (Wildman–Crippen LogP) is 1.69. The van der Waals surface area contributed by atoms with E-state index in [4.69, 9.17) is 5.11 Å². The Balaban J connectivity index is 2.81. The van der Waals surface area contributed by atoms with E-state index in [-0.39, 0.29) is 17.2 Å². The number of hydrogen-bond donors (Lipinski definition) is 2. The molecular weight excluding hydrogens is 306 g/mol. The molecule has 0 aliphatic carbocycles. The molecule has 0 fully saturated rings. The lowest BCUT2D eigenvalue weighted by molar-refractivity contribution is -0.137. The normalized spacial score (nSPS) is 11.2. The molecule has 0 heterocycles. The van der Waals surface area contributed by atoms with Crippen molar-refractivity contribution in [2.45, 2.75) is 38.0 Å². The minimum atomic E-state index is -3.38. The highest BCUT2D eigenvalue weighted by Gasteiger charge is 2.16. The van der Waals surface area contributed by atoms with Crippen molar-refractivity contribution in [3.05, 3.63) is 28.8 Å². The van der Waals surface area contributed by atoms with Crippen molar-refractivity contribution in [1.29, 1.82) is 0 Å². The highest BCUT2D eigenvalue weighted by atomic mass is 32.2. The zero-order valence-electron chi connectivity index (χ0n) is 13.0. The maximum atomic E-state index is 12.2. The number of benzene rings is 1. The van der Waals surface area contributed by atoms with Crippen molar-refractivity contribution in [3.8, 4) is 0 Å². The second kappa shape index (κ2) is 7.40. The minimum absolute atomic E-state index is 0.0670. The molecule has 1 rings (SSSR count). The van der Waals surface area contributed by atoms with Crippen LogP contribution in [0.25, 0.3) is 0 Å². The maximum Gasteiger partial charge on any atom is 0.303 e. The summed E-state index contributed by atoms with van der Waals surface area (Å²) in [5, 5.41) is 11.2. The van der Waals surface area contributed by atoms with E-state index < -0.39 is 15.8 Å². The van der Waals surface area contributed by atoms with Crippen LogP contribution in [0, 0.1) is 13.8 Å². The van der Waals surface area contributed by atoms with Crippen LogP contribution in [0.1, 0.15) is 40.7 Å². The van der Waals surface area contributed by atoms with E-state index in [1.165, 1.54) is 6.07 Å². The Morgan fingerprint density at radius 1 is 1.18 bits per heavy atom. The van der Waals surface area contributed by atoms with Gasteiger partial charge in [-0.2, -0.15) is 0 Å². The van der Waals surface area contributed by atoms with E-state index in [1.54, 1.807) is 19.9 Å². The number of carboxylic acids is 1. The third kappa shape index (κ3) is 5.14. The number of aliphatic carboxylic acids is 1. The van der Waals surface area contributed by atoms with Crippen LogP contribution in [0.4, 0.5) is 0 Å². The summed E-state index contributed by atoms with van der Waals surface area (Å²) in [6.07, 6.45) is 2.21. The van der Waals surface area contributed by atoms with Crippen molar-refractivity contribution < 1.29 is 23.1 Å². The first-order valence-corrected chi connectivity index (χ1v) is 8.83. The Hall–Kier alpha value is -1.89. The van der Waals surface area contributed by atoms with Crippen LogP contribution < -0.4 is 5.32 Å². The molecule has 0 atom stereocenters. The number of nitrogens with one attached hydrogen (secondary N) is 1. The van der Waals surface area contributed by atoms with Crippen molar-refractivity contribution in [2.24, 2.45) is 0 Å². The number of sulfone groups is 1. The third-order valence-electron chi connectivity index (χ3n) is 3.42. The monoisotopic (exact) mass is 327 g/mol. The highest BCUT2D eigenvalue weighted by Crippen LogP contribution is 2.20. The van der Waals surface area contributed by atoms with Gasteiger partial charge in [0.1, 0.15) is 0 Å². The second-order valence-electron chi connectivity index (χ2n) is 5.29. The molecule has 0 radical (unpaired) electrons. The molecule has 0 saturated carbocycles. The predicted molar refractivity (Wildman–Crippen MR) is 82.8 cm³/mol. The molecule has 0 bridgehead atoms. The molecule has 0 unspecified atom stereocenters. The van der Waals surface area contributed by atoms with Crippen LogP contribution in [0.15, 0.2) is 17.0 Å². The van der Waals surface area contributed by atoms with E-state index >= 15 is 0 Å². The van der Waals surface area contributed by atoms with E-state index in [9.17, 15) is 18.0 Å². The molecule has 22 heavy (non-hydrogen) atoms. The van der Waals surface area contributed by atoms with Crippen molar-refractivity contribution in [2.75, 3.05) is 12.8 Å². The van der Waals surface area contributed by atoms with Crippen LogP contribution in [-0.4, -0.2) is 38.2 Å². The Kier molecular flexibility index (Phi) is 6.11. The number of unbranched alkanes of at least 4 members (excludes halogenated alkanes) is 1. The van der Waals surface area contributed by atoms with Crippen LogP contribution in [0.5, 0.6) is 0 Å². The highest BCUT2D eigenvalue weighted by molar-refractivity contribution is 7.90. The van der Waals surface area contributed by atoms with Gasteiger partial charge < -0.3 is 10.4 Å². The van der Waals surface area contributed by atoms with Gasteiger partial charge in [0.15, 0.2) is 9.84 Å². The SMILES string of the molecule is Cc1cc(S(C)(=O)=O)cc(C(=O)NCCCCC(=O)O)c1C. The van der Waals surface area contributed by atoms with Crippen LogP contribution in [0.3, 0.4) is 0 Å². The summed E-state index contributed by atoms with van der Waals surface area (Å²) in [4.78, 5) is 22.7. The first kappa shape index (κ1) is 18.2. The van der Waals surface area contributed by atoms with Gasteiger partial charge in [-0.25, -0.2) is 8.42 Å². The lowest BCUT2D eigenvalue weighted by Crippen LogP contribution is -2.25. The lowest BCUT2D eigenvalue weighted by atomic mass is 10.0. The average molecular weight is 327 g/mol. The van der Waals surface area contributed by atoms with Crippen LogP contribution in [0.2, 0.25) is 0 Å². The quantitative estimate of drug-likeness (QED) is 0.742. The summed E-state index contributed by atoms with van der Waals surface area (Å²) in [6.45, 7) is 3.88. The number of carbonyl (C=O) groups excluding carboxylic acids is 1. The molecule has 0 spiro atoms. The number of rotatable bonds is 7. The van der Waals surface area contributed by atoms with Crippen molar-refractivity contribution in [3.63, 3.8) is 0 Å². The molecule has 6 nitrogen and oxygen atoms in total. The summed E-state index contributed by atoms with van der Waals surface area (Å²) >= 11 is 0. The van der Waals surface area contributed by atoms with E-state index in [0.29, 0.717) is 24.9 Å². The van der Waals surface area contributed by atoms with Gasteiger partial charge in [0.2, 0.25) is 0 Å². The van der Waals surface area contributed by atoms with Gasteiger partial charge in [-0.3, -0.25) is 9.59 Å². The molecule has 1 aromatic rings. The summed E-state index contributed by atoms with van der Waals surface area (Å²) in [5.41, 5.74) is 1.80. The van der Waals surface area contributed by atoms with Crippen molar-refractivity contribution in [1.82, 2.24) is 5.32 Å². The fraction of sp³-hybridized carbons (Fsp3) is 0.467. The first-order chi connectivity index (χ1) is 10.1. The molecule has 0 aliphatic rings. The number of hydrogen-bond acceptors (Lipinski definition) is 4. The van der Waals surface area contributed by atoms with Gasteiger partial charge in [0, 0.05) is 24.8 Å². The van der Waals surface area contributed by atoms with Gasteiger partial charge in [-0.1, -0.05) is 0 Å². The van der Waals surface area contributed by atoms with E-state index in [2.05, 4.69) is 5.32 Å². The van der Waals surface area contributed by atoms with E-state index in [0.717, 1.165) is 17.4 Å². The van der Waals surface area contributed by atoms with Gasteiger partial charge in [-0.15, -0.1) is 0 Å². The summed E-state index contributed by atoms with van der Waals surface area (Å²) in [5.74, 6) is -1.21. The molecular formula is C15H21NO5S. The van der Waals surface area contributed by atoms with Gasteiger partial charge in [-0.05, 0) is 49.9 Å². The molecule has 0 aromatic heterocycles. The molecule has 0 aliphatic heterocycles. The van der Waals surface area contributed by atoms with Gasteiger partial charge in [0.05, 0.1) is 4.90 Å². The zero-order valence-corrected chi connectivity index (χ0v) is 13.8. The molecule has 1 amide bonds. The summed E-state index contributed by atoms with van der Waals surface area (Å²) in [7, 11) is -3.38. The molecule has 2 N–H and O–H groups in total.